The lowest BCUT2D eigenvalue weighted by molar-refractivity contribution is -0.118. The number of carbonyl (C=O) groups excluding carboxylic acids is 1. The zero-order valence-electron chi connectivity index (χ0n) is 12.7. The number of anilines is 1. The summed E-state index contributed by atoms with van der Waals surface area (Å²) in [7, 11) is 0. The minimum Gasteiger partial charge on any atom is -0.484 e. The summed E-state index contributed by atoms with van der Waals surface area (Å²) >= 11 is 7.43. The van der Waals surface area contributed by atoms with Gasteiger partial charge in [0.1, 0.15) is 5.75 Å². The van der Waals surface area contributed by atoms with Gasteiger partial charge in [0.05, 0.1) is 0 Å². The highest BCUT2D eigenvalue weighted by Crippen LogP contribution is 2.22. The second kappa shape index (κ2) is 7.95. The third-order valence-corrected chi connectivity index (χ3v) is 4.33. The Kier molecular flexibility index (Phi) is 5.46. The summed E-state index contributed by atoms with van der Waals surface area (Å²) in [6, 6.07) is 16.9. The minimum atomic E-state index is -0.234. The standard InChI is InChI=1S/C18H15ClN2O2S/c19-14-6-4-5-13(9-14)10-16-11-20-18(24-16)21-17(22)12-23-15-7-2-1-3-8-15/h1-9,11H,10,12H2,(H,20,21,22). The maximum absolute atomic E-state index is 11.9. The Balaban J connectivity index is 1.53. The van der Waals surface area contributed by atoms with E-state index in [1.165, 1.54) is 11.3 Å². The lowest BCUT2D eigenvalue weighted by atomic mass is 10.1. The van der Waals surface area contributed by atoms with Crippen LogP contribution in [0.4, 0.5) is 5.13 Å². The van der Waals surface area contributed by atoms with Crippen molar-refractivity contribution in [2.24, 2.45) is 0 Å². The molecule has 0 aliphatic rings. The van der Waals surface area contributed by atoms with Crippen LogP contribution in [-0.2, 0) is 11.2 Å². The third kappa shape index (κ3) is 4.81. The number of halogens is 1. The van der Waals surface area contributed by atoms with E-state index in [1.54, 1.807) is 18.3 Å². The Labute approximate surface area is 149 Å². The van der Waals surface area contributed by atoms with Crippen molar-refractivity contribution in [2.75, 3.05) is 11.9 Å². The lowest BCUT2D eigenvalue weighted by Gasteiger charge is -2.05. The molecular formula is C18H15ClN2O2S. The van der Waals surface area contributed by atoms with E-state index in [0.717, 1.165) is 16.9 Å². The van der Waals surface area contributed by atoms with E-state index in [9.17, 15) is 4.79 Å². The molecule has 1 N–H and O–H groups in total. The van der Waals surface area contributed by atoms with E-state index in [4.69, 9.17) is 16.3 Å². The number of benzene rings is 2. The molecule has 1 aromatic heterocycles. The molecule has 1 amide bonds. The lowest BCUT2D eigenvalue weighted by Crippen LogP contribution is -2.19. The molecule has 0 fully saturated rings. The van der Waals surface area contributed by atoms with E-state index in [0.29, 0.717) is 15.9 Å². The van der Waals surface area contributed by atoms with E-state index in [2.05, 4.69) is 10.3 Å². The van der Waals surface area contributed by atoms with Crippen LogP contribution in [0.5, 0.6) is 5.75 Å². The summed E-state index contributed by atoms with van der Waals surface area (Å²) in [5.74, 6) is 0.427. The van der Waals surface area contributed by atoms with Crippen molar-refractivity contribution in [3.63, 3.8) is 0 Å². The van der Waals surface area contributed by atoms with Crippen molar-refractivity contribution in [3.05, 3.63) is 76.3 Å². The van der Waals surface area contributed by atoms with Crippen LogP contribution in [0, 0.1) is 0 Å². The van der Waals surface area contributed by atoms with Gasteiger partial charge in [0, 0.05) is 22.5 Å². The molecule has 0 atom stereocenters. The van der Waals surface area contributed by atoms with Crippen LogP contribution in [0.15, 0.2) is 60.8 Å². The quantitative estimate of drug-likeness (QED) is 0.710. The van der Waals surface area contributed by atoms with Gasteiger partial charge in [-0.1, -0.05) is 41.9 Å². The number of hydrogen-bond acceptors (Lipinski definition) is 4. The zero-order chi connectivity index (χ0) is 16.8. The summed E-state index contributed by atoms with van der Waals surface area (Å²) in [6.45, 7) is -0.0484. The van der Waals surface area contributed by atoms with Crippen molar-refractivity contribution in [1.29, 1.82) is 0 Å². The molecular weight excluding hydrogens is 344 g/mol. The fraction of sp³-hybridized carbons (Fsp3) is 0.111. The maximum atomic E-state index is 11.9. The molecule has 3 rings (SSSR count). The molecule has 0 saturated carbocycles. The molecule has 1 heterocycles. The Morgan fingerprint density at radius 3 is 2.79 bits per heavy atom. The second-order valence-corrected chi connectivity index (χ2v) is 6.64. The Morgan fingerprint density at radius 2 is 2.00 bits per heavy atom. The first-order chi connectivity index (χ1) is 11.7. The van der Waals surface area contributed by atoms with Gasteiger partial charge in [-0.25, -0.2) is 4.98 Å². The van der Waals surface area contributed by atoms with E-state index in [-0.39, 0.29) is 12.5 Å². The summed E-state index contributed by atoms with van der Waals surface area (Å²) in [6.07, 6.45) is 2.49. The van der Waals surface area contributed by atoms with Crippen LogP contribution in [0.25, 0.3) is 0 Å². The highest BCUT2D eigenvalue weighted by atomic mass is 35.5. The normalized spacial score (nSPS) is 10.4. The largest absolute Gasteiger partial charge is 0.484 e. The number of ether oxygens (including phenoxy) is 1. The number of amides is 1. The number of carbonyl (C=O) groups is 1. The van der Waals surface area contributed by atoms with Crippen molar-refractivity contribution in [2.45, 2.75) is 6.42 Å². The summed E-state index contributed by atoms with van der Waals surface area (Å²) in [5, 5.41) is 4.02. The predicted molar refractivity (Wildman–Crippen MR) is 96.9 cm³/mol. The summed E-state index contributed by atoms with van der Waals surface area (Å²) < 4.78 is 5.41. The molecule has 0 saturated heterocycles. The molecule has 122 valence electrons. The Hall–Kier alpha value is -2.37. The van der Waals surface area contributed by atoms with Crippen LogP contribution in [0.1, 0.15) is 10.4 Å². The van der Waals surface area contributed by atoms with Gasteiger partial charge in [-0.15, -0.1) is 11.3 Å². The first-order valence-electron chi connectivity index (χ1n) is 7.36. The van der Waals surface area contributed by atoms with Gasteiger partial charge in [-0.05, 0) is 29.8 Å². The van der Waals surface area contributed by atoms with Crippen molar-refractivity contribution in [1.82, 2.24) is 4.98 Å². The van der Waals surface area contributed by atoms with Gasteiger partial charge in [0.2, 0.25) is 0 Å². The molecule has 0 aliphatic carbocycles. The molecule has 4 nitrogen and oxygen atoms in total. The molecule has 2 aromatic carbocycles. The van der Waals surface area contributed by atoms with Crippen molar-refractivity contribution < 1.29 is 9.53 Å². The zero-order valence-corrected chi connectivity index (χ0v) is 14.3. The molecule has 24 heavy (non-hydrogen) atoms. The Morgan fingerprint density at radius 1 is 1.17 bits per heavy atom. The molecule has 0 aliphatic heterocycles. The maximum Gasteiger partial charge on any atom is 0.264 e. The van der Waals surface area contributed by atoms with E-state index in [1.807, 2.05) is 42.5 Å². The van der Waals surface area contributed by atoms with Gasteiger partial charge >= 0.3 is 0 Å². The van der Waals surface area contributed by atoms with Gasteiger partial charge < -0.3 is 4.74 Å². The molecule has 0 radical (unpaired) electrons. The third-order valence-electron chi connectivity index (χ3n) is 3.18. The SMILES string of the molecule is O=C(COc1ccccc1)Nc1ncc(Cc2cccc(Cl)c2)s1. The molecule has 6 heteroatoms. The van der Waals surface area contributed by atoms with E-state index >= 15 is 0 Å². The predicted octanol–water partition coefficient (Wildman–Crippen LogP) is 4.40. The average Bonchev–Trinajstić information content (AvgIpc) is 3.01. The number of hydrogen-bond donors (Lipinski definition) is 1. The fourth-order valence-corrected chi connectivity index (χ4v) is 3.19. The monoisotopic (exact) mass is 358 g/mol. The fourth-order valence-electron chi connectivity index (χ4n) is 2.12. The smallest absolute Gasteiger partial charge is 0.264 e. The first kappa shape index (κ1) is 16.5. The number of nitrogens with one attached hydrogen (secondary N) is 1. The molecule has 3 aromatic rings. The van der Waals surface area contributed by atoms with Gasteiger partial charge in [-0.2, -0.15) is 0 Å². The van der Waals surface area contributed by atoms with Crippen molar-refractivity contribution in [3.8, 4) is 5.75 Å². The Bertz CT molecular complexity index is 821. The number of thiazole rings is 1. The van der Waals surface area contributed by atoms with E-state index < -0.39 is 0 Å². The summed E-state index contributed by atoms with van der Waals surface area (Å²) in [5.41, 5.74) is 1.11. The highest BCUT2D eigenvalue weighted by molar-refractivity contribution is 7.15. The van der Waals surface area contributed by atoms with Crippen LogP contribution >= 0.6 is 22.9 Å². The number of rotatable bonds is 6. The molecule has 0 spiro atoms. The van der Waals surface area contributed by atoms with Gasteiger partial charge in [0.25, 0.3) is 5.91 Å². The van der Waals surface area contributed by atoms with Crippen molar-refractivity contribution >= 4 is 34.0 Å². The average molecular weight is 359 g/mol. The van der Waals surface area contributed by atoms with Gasteiger partial charge in [-0.3, -0.25) is 10.1 Å². The van der Waals surface area contributed by atoms with Gasteiger partial charge in [0.15, 0.2) is 11.7 Å². The van der Waals surface area contributed by atoms with Crippen LogP contribution in [0.3, 0.4) is 0 Å². The molecule has 0 unspecified atom stereocenters. The number of nitrogens with zero attached hydrogens (tertiary/aromatic N) is 1. The topological polar surface area (TPSA) is 51.2 Å². The number of para-hydroxylation sites is 1. The number of aromatic nitrogens is 1. The highest BCUT2D eigenvalue weighted by Gasteiger charge is 2.08. The minimum absolute atomic E-state index is 0.0484. The second-order valence-electron chi connectivity index (χ2n) is 5.09. The van der Waals surface area contributed by atoms with Crippen LogP contribution in [-0.4, -0.2) is 17.5 Å². The van der Waals surface area contributed by atoms with Crippen LogP contribution in [0.2, 0.25) is 5.02 Å². The van der Waals surface area contributed by atoms with Crippen LogP contribution < -0.4 is 10.1 Å². The summed E-state index contributed by atoms with van der Waals surface area (Å²) in [4.78, 5) is 17.2. The molecule has 0 bridgehead atoms. The first-order valence-corrected chi connectivity index (χ1v) is 8.55.